The van der Waals surface area contributed by atoms with E-state index >= 15 is 0 Å². The van der Waals surface area contributed by atoms with E-state index in [1.165, 1.54) is 31.2 Å². The zero-order valence-electron chi connectivity index (χ0n) is 14.7. The minimum atomic E-state index is 0.523. The SMILES string of the molecule is Clc1ccc(CCNc2nc(NC3CCCC3)c3ccccc3n2)cc1. The molecule has 26 heavy (non-hydrogen) atoms. The number of hydrogen-bond acceptors (Lipinski definition) is 4. The molecule has 0 unspecified atom stereocenters. The van der Waals surface area contributed by atoms with Crippen LogP contribution < -0.4 is 10.6 Å². The minimum Gasteiger partial charge on any atom is -0.367 e. The maximum Gasteiger partial charge on any atom is 0.225 e. The molecular weight excluding hydrogens is 344 g/mol. The summed E-state index contributed by atoms with van der Waals surface area (Å²) < 4.78 is 0. The third kappa shape index (κ3) is 4.07. The van der Waals surface area contributed by atoms with Crippen molar-refractivity contribution in [3.05, 3.63) is 59.1 Å². The first-order valence-electron chi connectivity index (χ1n) is 9.29. The maximum atomic E-state index is 5.94. The van der Waals surface area contributed by atoms with E-state index in [1.807, 2.05) is 30.3 Å². The van der Waals surface area contributed by atoms with Crippen LogP contribution >= 0.6 is 11.6 Å². The molecule has 1 fully saturated rings. The van der Waals surface area contributed by atoms with Crippen molar-refractivity contribution >= 4 is 34.3 Å². The van der Waals surface area contributed by atoms with Crippen LogP contribution in [0, 0.1) is 0 Å². The third-order valence-corrected chi connectivity index (χ3v) is 5.16. The van der Waals surface area contributed by atoms with Gasteiger partial charge in [-0.25, -0.2) is 4.98 Å². The van der Waals surface area contributed by atoms with Gasteiger partial charge in [-0.1, -0.05) is 48.7 Å². The summed E-state index contributed by atoms with van der Waals surface area (Å²) >= 11 is 5.94. The van der Waals surface area contributed by atoms with Gasteiger partial charge in [-0.05, 0) is 49.1 Å². The monoisotopic (exact) mass is 366 g/mol. The van der Waals surface area contributed by atoms with E-state index in [0.29, 0.717) is 12.0 Å². The number of halogens is 1. The molecular formula is C21H23ClN4. The first-order chi connectivity index (χ1) is 12.8. The van der Waals surface area contributed by atoms with Crippen molar-refractivity contribution in [2.24, 2.45) is 0 Å². The molecule has 0 spiro atoms. The molecule has 0 amide bonds. The fraction of sp³-hybridized carbons (Fsp3) is 0.333. The largest absolute Gasteiger partial charge is 0.367 e. The van der Waals surface area contributed by atoms with Crippen molar-refractivity contribution in [1.82, 2.24) is 9.97 Å². The van der Waals surface area contributed by atoms with Crippen LogP contribution in [-0.2, 0) is 6.42 Å². The van der Waals surface area contributed by atoms with E-state index in [1.54, 1.807) is 0 Å². The van der Waals surface area contributed by atoms with E-state index in [-0.39, 0.29) is 0 Å². The Kier molecular flexibility index (Phi) is 5.21. The second-order valence-corrected chi connectivity index (χ2v) is 7.28. The molecule has 0 bridgehead atoms. The van der Waals surface area contributed by atoms with Gasteiger partial charge in [0.2, 0.25) is 5.95 Å². The third-order valence-electron chi connectivity index (χ3n) is 4.91. The minimum absolute atomic E-state index is 0.523. The first-order valence-corrected chi connectivity index (χ1v) is 9.67. The van der Waals surface area contributed by atoms with Gasteiger partial charge in [-0.2, -0.15) is 4.98 Å². The summed E-state index contributed by atoms with van der Waals surface area (Å²) in [6.07, 6.45) is 5.94. The normalized spacial score (nSPS) is 14.7. The molecule has 1 aliphatic rings. The van der Waals surface area contributed by atoms with Crippen molar-refractivity contribution in [1.29, 1.82) is 0 Å². The molecule has 0 radical (unpaired) electrons. The average Bonchev–Trinajstić information content (AvgIpc) is 3.16. The van der Waals surface area contributed by atoms with Crippen LogP contribution in [0.3, 0.4) is 0 Å². The molecule has 1 heterocycles. The van der Waals surface area contributed by atoms with Gasteiger partial charge in [0.1, 0.15) is 5.82 Å². The van der Waals surface area contributed by atoms with E-state index in [2.05, 4.69) is 33.8 Å². The Balaban J connectivity index is 1.49. The van der Waals surface area contributed by atoms with Crippen molar-refractivity contribution in [3.63, 3.8) is 0 Å². The number of rotatable bonds is 6. The van der Waals surface area contributed by atoms with E-state index in [0.717, 1.165) is 34.7 Å². The lowest BCUT2D eigenvalue weighted by molar-refractivity contribution is 0.751. The van der Waals surface area contributed by atoms with Gasteiger partial charge in [0.25, 0.3) is 0 Å². The Morgan fingerprint density at radius 3 is 2.54 bits per heavy atom. The van der Waals surface area contributed by atoms with Gasteiger partial charge in [0.05, 0.1) is 5.52 Å². The van der Waals surface area contributed by atoms with Crippen molar-refractivity contribution in [2.45, 2.75) is 38.1 Å². The fourth-order valence-electron chi connectivity index (χ4n) is 3.50. The molecule has 4 nitrogen and oxygen atoms in total. The Labute approximate surface area is 159 Å². The molecule has 5 heteroatoms. The lowest BCUT2D eigenvalue weighted by Crippen LogP contribution is -2.17. The molecule has 4 rings (SSSR count). The summed E-state index contributed by atoms with van der Waals surface area (Å²) in [5.74, 6) is 1.62. The van der Waals surface area contributed by atoms with E-state index in [9.17, 15) is 0 Å². The second kappa shape index (κ2) is 7.92. The quantitative estimate of drug-likeness (QED) is 0.622. The number of anilines is 2. The predicted octanol–water partition coefficient (Wildman–Crippen LogP) is 5.29. The number of aromatic nitrogens is 2. The van der Waals surface area contributed by atoms with Crippen LogP contribution in [0.4, 0.5) is 11.8 Å². The Morgan fingerprint density at radius 1 is 0.962 bits per heavy atom. The lowest BCUT2D eigenvalue weighted by atomic mass is 10.1. The topological polar surface area (TPSA) is 49.8 Å². The molecule has 134 valence electrons. The fourth-order valence-corrected chi connectivity index (χ4v) is 3.62. The van der Waals surface area contributed by atoms with Crippen LogP contribution in [0.25, 0.3) is 10.9 Å². The van der Waals surface area contributed by atoms with Crippen LogP contribution in [0.15, 0.2) is 48.5 Å². The first kappa shape index (κ1) is 17.1. The predicted molar refractivity (Wildman–Crippen MR) is 109 cm³/mol. The van der Waals surface area contributed by atoms with E-state index in [4.69, 9.17) is 16.6 Å². The number of nitrogens with one attached hydrogen (secondary N) is 2. The zero-order chi connectivity index (χ0) is 17.8. The number of benzene rings is 2. The standard InChI is InChI=1S/C21H23ClN4/c22-16-11-9-15(10-12-16)13-14-23-21-25-19-8-4-3-7-18(19)20(26-21)24-17-5-1-2-6-17/h3-4,7-12,17H,1-2,5-6,13-14H2,(H2,23,24,25,26). The van der Waals surface area contributed by atoms with Crippen molar-refractivity contribution < 1.29 is 0 Å². The number of fused-ring (bicyclic) bond motifs is 1. The van der Waals surface area contributed by atoms with Gasteiger partial charge in [0, 0.05) is 23.0 Å². The Morgan fingerprint density at radius 2 is 1.73 bits per heavy atom. The van der Waals surface area contributed by atoms with Crippen LogP contribution in [0.5, 0.6) is 0 Å². The highest BCUT2D eigenvalue weighted by atomic mass is 35.5. The second-order valence-electron chi connectivity index (χ2n) is 6.84. The van der Waals surface area contributed by atoms with Crippen LogP contribution in [-0.4, -0.2) is 22.6 Å². The summed E-state index contributed by atoms with van der Waals surface area (Å²) in [6, 6.07) is 16.7. The molecule has 1 saturated carbocycles. The van der Waals surface area contributed by atoms with Gasteiger partial charge in [-0.15, -0.1) is 0 Å². The number of nitrogens with zero attached hydrogens (tertiary/aromatic N) is 2. The highest BCUT2D eigenvalue weighted by Gasteiger charge is 2.17. The maximum absolute atomic E-state index is 5.94. The molecule has 2 aromatic carbocycles. The van der Waals surface area contributed by atoms with Gasteiger partial charge in [0.15, 0.2) is 0 Å². The smallest absolute Gasteiger partial charge is 0.225 e. The average molecular weight is 367 g/mol. The molecule has 3 aromatic rings. The summed E-state index contributed by atoms with van der Waals surface area (Å²) in [6.45, 7) is 0.781. The highest BCUT2D eigenvalue weighted by molar-refractivity contribution is 6.30. The molecule has 2 N–H and O–H groups in total. The highest BCUT2D eigenvalue weighted by Crippen LogP contribution is 2.27. The number of hydrogen-bond donors (Lipinski definition) is 2. The van der Waals surface area contributed by atoms with Crippen molar-refractivity contribution in [3.8, 4) is 0 Å². The summed E-state index contributed by atoms with van der Waals surface area (Å²) in [5, 5.41) is 8.85. The summed E-state index contributed by atoms with van der Waals surface area (Å²) in [7, 11) is 0. The Hall–Kier alpha value is -2.33. The molecule has 0 aliphatic heterocycles. The zero-order valence-corrected chi connectivity index (χ0v) is 15.5. The number of para-hydroxylation sites is 1. The molecule has 1 aliphatic carbocycles. The van der Waals surface area contributed by atoms with Gasteiger partial charge < -0.3 is 10.6 Å². The molecule has 0 saturated heterocycles. The van der Waals surface area contributed by atoms with Gasteiger partial charge in [-0.3, -0.25) is 0 Å². The molecule has 1 aromatic heterocycles. The van der Waals surface area contributed by atoms with Gasteiger partial charge >= 0.3 is 0 Å². The summed E-state index contributed by atoms with van der Waals surface area (Å²) in [4.78, 5) is 9.43. The molecule has 0 atom stereocenters. The van der Waals surface area contributed by atoms with Crippen LogP contribution in [0.2, 0.25) is 5.02 Å². The Bertz CT molecular complexity index is 873. The van der Waals surface area contributed by atoms with E-state index < -0.39 is 0 Å². The van der Waals surface area contributed by atoms with Crippen molar-refractivity contribution in [2.75, 3.05) is 17.2 Å². The lowest BCUT2D eigenvalue weighted by Gasteiger charge is -2.16. The summed E-state index contributed by atoms with van der Waals surface area (Å²) in [5.41, 5.74) is 2.21. The van der Waals surface area contributed by atoms with Crippen LogP contribution in [0.1, 0.15) is 31.2 Å².